The van der Waals surface area contributed by atoms with Crippen molar-refractivity contribution >= 4 is 18.3 Å². The van der Waals surface area contributed by atoms with Crippen molar-refractivity contribution in [2.45, 2.75) is 51.2 Å². The van der Waals surface area contributed by atoms with Crippen molar-refractivity contribution in [3.05, 3.63) is 23.8 Å². The van der Waals surface area contributed by atoms with E-state index in [0.29, 0.717) is 24.8 Å². The molecule has 5 nitrogen and oxygen atoms in total. The molecule has 0 saturated heterocycles. The Kier molecular flexibility index (Phi) is 8.31. The Morgan fingerprint density at radius 2 is 1.93 bits per heavy atom. The Morgan fingerprint density at radius 3 is 2.54 bits per heavy atom. The smallest absolute Gasteiger partial charge is 0.387 e. The SMILES string of the molecule is COc1ccc(CCNC(=O)C2CC3CCCC(C2)C3N)cc1OC(F)F.Cl. The van der Waals surface area contributed by atoms with Crippen LogP contribution in [-0.2, 0) is 11.2 Å². The zero-order chi connectivity index (χ0) is 19.4. The number of fused-ring (bicyclic) bond motifs is 2. The van der Waals surface area contributed by atoms with Gasteiger partial charge in [-0.3, -0.25) is 4.79 Å². The highest BCUT2D eigenvalue weighted by Gasteiger charge is 2.40. The first-order valence-corrected chi connectivity index (χ1v) is 9.63. The minimum Gasteiger partial charge on any atom is -0.493 e. The van der Waals surface area contributed by atoms with E-state index in [4.69, 9.17) is 10.5 Å². The quantitative estimate of drug-likeness (QED) is 0.710. The third-order valence-corrected chi connectivity index (χ3v) is 5.94. The second-order valence-electron chi connectivity index (χ2n) is 7.60. The Bertz CT molecular complexity index is 648. The van der Waals surface area contributed by atoms with Crippen LogP contribution in [0.15, 0.2) is 18.2 Å². The zero-order valence-electron chi connectivity index (χ0n) is 16.0. The molecule has 8 heteroatoms. The number of nitrogens with two attached hydrogens (primary N) is 1. The van der Waals surface area contributed by atoms with Gasteiger partial charge in [0.05, 0.1) is 7.11 Å². The van der Waals surface area contributed by atoms with Gasteiger partial charge in [0.2, 0.25) is 5.91 Å². The number of hydrogen-bond donors (Lipinski definition) is 2. The van der Waals surface area contributed by atoms with Crippen molar-refractivity contribution in [3.63, 3.8) is 0 Å². The van der Waals surface area contributed by atoms with Gasteiger partial charge in [0.1, 0.15) is 0 Å². The predicted octanol–water partition coefficient (Wildman–Crippen LogP) is 3.53. The van der Waals surface area contributed by atoms with Crippen LogP contribution in [0, 0.1) is 17.8 Å². The van der Waals surface area contributed by atoms with Crippen molar-refractivity contribution in [2.24, 2.45) is 23.5 Å². The van der Waals surface area contributed by atoms with Gasteiger partial charge in [-0.2, -0.15) is 8.78 Å². The minimum atomic E-state index is -2.91. The first-order valence-electron chi connectivity index (χ1n) is 9.63. The number of hydrogen-bond acceptors (Lipinski definition) is 4. The molecule has 2 fully saturated rings. The number of ether oxygens (including phenoxy) is 2. The van der Waals surface area contributed by atoms with Crippen LogP contribution < -0.4 is 20.5 Å². The second-order valence-corrected chi connectivity index (χ2v) is 7.60. The maximum Gasteiger partial charge on any atom is 0.387 e. The lowest BCUT2D eigenvalue weighted by molar-refractivity contribution is -0.127. The van der Waals surface area contributed by atoms with Crippen molar-refractivity contribution in [3.8, 4) is 11.5 Å². The molecule has 28 heavy (non-hydrogen) atoms. The summed E-state index contributed by atoms with van der Waals surface area (Å²) in [6.07, 6.45) is 5.75. The number of halogens is 3. The van der Waals surface area contributed by atoms with E-state index >= 15 is 0 Å². The summed E-state index contributed by atoms with van der Waals surface area (Å²) in [4.78, 5) is 12.5. The van der Waals surface area contributed by atoms with Crippen molar-refractivity contribution in [1.82, 2.24) is 5.32 Å². The first-order chi connectivity index (χ1) is 13.0. The molecule has 2 unspecified atom stereocenters. The lowest BCUT2D eigenvalue weighted by atomic mass is 9.65. The summed E-state index contributed by atoms with van der Waals surface area (Å²) in [6.45, 7) is -2.46. The highest BCUT2D eigenvalue weighted by atomic mass is 35.5. The maximum atomic E-state index is 12.5. The van der Waals surface area contributed by atoms with Crippen LogP contribution in [0.3, 0.4) is 0 Å². The van der Waals surface area contributed by atoms with Gasteiger partial charge in [0.25, 0.3) is 0 Å². The third kappa shape index (κ3) is 5.47. The summed E-state index contributed by atoms with van der Waals surface area (Å²) < 4.78 is 34.6. The van der Waals surface area contributed by atoms with Gasteiger partial charge in [-0.15, -0.1) is 12.4 Å². The monoisotopic (exact) mass is 418 g/mol. The van der Waals surface area contributed by atoms with E-state index in [9.17, 15) is 13.6 Å². The lowest BCUT2D eigenvalue weighted by Gasteiger charge is -2.43. The molecule has 0 aliphatic heterocycles. The average molecular weight is 419 g/mol. The van der Waals surface area contributed by atoms with E-state index in [1.165, 1.54) is 19.6 Å². The molecule has 158 valence electrons. The van der Waals surface area contributed by atoms with E-state index in [1.807, 2.05) is 0 Å². The van der Waals surface area contributed by atoms with Gasteiger partial charge < -0.3 is 20.5 Å². The highest BCUT2D eigenvalue weighted by Crippen LogP contribution is 2.41. The molecule has 2 aliphatic rings. The fourth-order valence-corrected chi connectivity index (χ4v) is 4.54. The number of methoxy groups -OCH3 is 1. The number of rotatable bonds is 7. The van der Waals surface area contributed by atoms with Crippen LogP contribution in [0.1, 0.15) is 37.7 Å². The number of carbonyl (C=O) groups is 1. The normalized spacial score (nSPS) is 26.3. The Balaban J connectivity index is 0.00000280. The van der Waals surface area contributed by atoms with Crippen LogP contribution in [0.2, 0.25) is 0 Å². The topological polar surface area (TPSA) is 73.6 Å². The van der Waals surface area contributed by atoms with Crippen LogP contribution in [0.5, 0.6) is 11.5 Å². The standard InChI is InChI=1S/C20H28F2N2O3.ClH/c1-26-16-6-5-12(9-17(16)27-20(21)22)7-8-24-19(25)15-10-13-3-2-4-14(11-15)18(13)23;/h5-6,9,13-15,18,20H,2-4,7-8,10-11,23H2,1H3,(H,24,25);1H. The van der Waals surface area contributed by atoms with Crippen LogP contribution in [0.4, 0.5) is 8.78 Å². The number of nitrogens with one attached hydrogen (secondary N) is 1. The summed E-state index contributed by atoms with van der Waals surface area (Å²) in [5.74, 6) is 1.30. The molecule has 0 spiro atoms. The van der Waals surface area contributed by atoms with Gasteiger partial charge in [0, 0.05) is 18.5 Å². The summed E-state index contributed by atoms with van der Waals surface area (Å²) in [5.41, 5.74) is 7.09. The molecule has 0 aromatic heterocycles. The molecular weight excluding hydrogens is 390 g/mol. The molecule has 3 rings (SSSR count). The first kappa shape index (κ1) is 22.7. The number of alkyl halides is 2. The molecule has 0 radical (unpaired) electrons. The van der Waals surface area contributed by atoms with Crippen molar-refractivity contribution in [2.75, 3.05) is 13.7 Å². The van der Waals surface area contributed by atoms with E-state index < -0.39 is 6.61 Å². The molecular formula is C20H29ClF2N2O3. The number of benzene rings is 1. The Hall–Kier alpha value is -1.60. The lowest BCUT2D eigenvalue weighted by Crippen LogP contribution is -2.49. The molecule has 1 aromatic rings. The van der Waals surface area contributed by atoms with E-state index in [2.05, 4.69) is 10.1 Å². The van der Waals surface area contributed by atoms with Crippen LogP contribution in [0.25, 0.3) is 0 Å². The van der Waals surface area contributed by atoms with Crippen LogP contribution >= 0.6 is 12.4 Å². The molecule has 2 atom stereocenters. The molecule has 3 N–H and O–H groups in total. The molecule has 1 amide bonds. The highest BCUT2D eigenvalue weighted by molar-refractivity contribution is 5.85. The van der Waals surface area contributed by atoms with Crippen molar-refractivity contribution < 1.29 is 23.0 Å². The number of carbonyl (C=O) groups excluding carboxylic acids is 1. The van der Waals surface area contributed by atoms with Gasteiger partial charge in [-0.1, -0.05) is 12.5 Å². The Morgan fingerprint density at radius 1 is 1.25 bits per heavy atom. The summed E-state index contributed by atoms with van der Waals surface area (Å²) >= 11 is 0. The number of amides is 1. The summed E-state index contributed by atoms with van der Waals surface area (Å²) in [5, 5.41) is 2.99. The van der Waals surface area contributed by atoms with Gasteiger partial charge in [-0.25, -0.2) is 0 Å². The molecule has 1 aromatic carbocycles. The van der Waals surface area contributed by atoms with Crippen LogP contribution in [-0.4, -0.2) is 32.2 Å². The van der Waals surface area contributed by atoms with Gasteiger partial charge in [0.15, 0.2) is 11.5 Å². The zero-order valence-corrected chi connectivity index (χ0v) is 16.9. The largest absolute Gasteiger partial charge is 0.493 e. The van der Waals surface area contributed by atoms with E-state index in [0.717, 1.165) is 31.2 Å². The fourth-order valence-electron chi connectivity index (χ4n) is 4.54. The average Bonchev–Trinajstić information content (AvgIpc) is 2.61. The predicted molar refractivity (Wildman–Crippen MR) is 105 cm³/mol. The van der Waals surface area contributed by atoms with Gasteiger partial charge in [-0.05, 0) is 61.6 Å². The Labute approximate surface area is 170 Å². The van der Waals surface area contributed by atoms with Gasteiger partial charge >= 0.3 is 6.61 Å². The third-order valence-electron chi connectivity index (χ3n) is 5.94. The minimum absolute atomic E-state index is 0. The molecule has 2 aliphatic carbocycles. The molecule has 2 bridgehead atoms. The van der Waals surface area contributed by atoms with Crippen molar-refractivity contribution in [1.29, 1.82) is 0 Å². The van der Waals surface area contributed by atoms with E-state index in [-0.39, 0.29) is 41.8 Å². The summed E-state index contributed by atoms with van der Waals surface area (Å²) in [6, 6.07) is 5.16. The molecule has 0 heterocycles. The fraction of sp³-hybridized carbons (Fsp3) is 0.650. The summed E-state index contributed by atoms with van der Waals surface area (Å²) in [7, 11) is 1.40. The van der Waals surface area contributed by atoms with E-state index in [1.54, 1.807) is 12.1 Å². The molecule has 2 saturated carbocycles. The maximum absolute atomic E-state index is 12.5. The second kappa shape index (κ2) is 10.3.